The van der Waals surface area contributed by atoms with Gasteiger partial charge in [0.2, 0.25) is 16.3 Å². The maximum Gasteiger partial charge on any atom is 0.258 e. The van der Waals surface area contributed by atoms with Crippen molar-refractivity contribution < 1.29 is 5.11 Å². The summed E-state index contributed by atoms with van der Waals surface area (Å²) in [6.45, 7) is 0. The number of alkyl halides is 19. The molecule has 1 radical (unpaired) electrons. The smallest absolute Gasteiger partial charge is 0.204 e. The molecule has 0 saturated carbocycles. The van der Waals surface area contributed by atoms with Crippen LogP contribution in [0.3, 0.4) is 0 Å². The Morgan fingerprint density at radius 2 is 0.483 bits per heavy atom. The fraction of sp³-hybridized carbons (Fsp3) is 1.00. The minimum atomic E-state index is -3.55. The summed E-state index contributed by atoms with van der Waals surface area (Å²) >= 11 is 112. The Hall–Kier alpha value is 5.47. The van der Waals surface area contributed by atoms with Gasteiger partial charge in [0.15, 0.2) is 17.3 Å². The monoisotopic (exact) mass is 788 g/mol. The first-order chi connectivity index (χ1) is 12.0. The van der Waals surface area contributed by atoms with Crippen LogP contribution < -0.4 is 0 Å². The Kier molecular flexibility index (Phi) is 11.9. The minimum absolute atomic E-state index is 2.68. The number of hydrogen-bond acceptors (Lipinski definition) is 0. The van der Waals surface area contributed by atoms with Crippen molar-refractivity contribution in [3.05, 3.63) is 0 Å². The van der Waals surface area contributed by atoms with E-state index in [0.717, 1.165) is 0 Å². The van der Waals surface area contributed by atoms with Crippen LogP contribution >= 0.6 is 220 Å². The van der Waals surface area contributed by atoms with Crippen LogP contribution in [0.2, 0.25) is 0 Å². The molecule has 0 spiro atoms. The van der Waals surface area contributed by atoms with Gasteiger partial charge in [0.1, 0.15) is 0 Å². The molecule has 0 bridgehead atoms. The van der Waals surface area contributed by atoms with Crippen molar-refractivity contribution >= 4 is 220 Å². The van der Waals surface area contributed by atoms with E-state index in [4.69, 9.17) is 220 Å². The van der Waals surface area contributed by atoms with Gasteiger partial charge in [-0.15, -0.1) is 0 Å². The predicted molar refractivity (Wildman–Crippen MR) is 136 cm³/mol. The molecule has 0 aromatic heterocycles. The van der Waals surface area contributed by atoms with Crippen LogP contribution in [0.5, 0.6) is 0 Å². The highest BCUT2D eigenvalue weighted by atomic mass is 35.6. The zero-order valence-corrected chi connectivity index (χ0v) is 26.5. The van der Waals surface area contributed by atoms with Crippen molar-refractivity contribution in [1.82, 2.24) is 0 Å². The molecule has 0 amide bonds. The summed E-state index contributed by atoms with van der Waals surface area (Å²) in [4.78, 5) is 0. The second-order valence-corrected chi connectivity index (χ2v) is 18.1. The second-order valence-electron chi connectivity index (χ2n) is 5.04. The molecule has 0 aliphatic heterocycles. The zero-order valence-electron chi connectivity index (χ0n) is 12.1. The molecule has 0 N–H and O–H groups in total. The molecule has 0 rings (SSSR count). The van der Waals surface area contributed by atoms with Gasteiger partial charge in [0, 0.05) is 0 Å². The van der Waals surface area contributed by atoms with Crippen LogP contribution in [-0.4, -0.2) is 38.6 Å². The fourth-order valence-electron chi connectivity index (χ4n) is 1.35. The number of halogens is 19. The molecule has 1 nitrogen and oxygen atoms in total. The lowest BCUT2D eigenvalue weighted by atomic mass is 10.0. The molecule has 1 atom stereocenters. The first-order valence-electron chi connectivity index (χ1n) is 5.79. The molecule has 1 unspecified atom stereocenters. The first-order valence-corrected chi connectivity index (χ1v) is 13.0. The molecule has 29 heavy (non-hydrogen) atoms. The molecule has 0 fully saturated rings. The van der Waals surface area contributed by atoms with E-state index in [1.54, 1.807) is 0 Å². The number of hydrogen-bond donors (Lipinski definition) is 0. The van der Waals surface area contributed by atoms with E-state index in [9.17, 15) is 5.11 Å². The SMILES string of the molecule is [O]C(Cl)(C(Cl)(Cl)Cl)C(Cl)(Cl)C(Cl)(Cl)C(Cl)(Cl)C(Cl)(Cl)C(Cl)(Cl)C(Cl)(Cl)C(Cl)(Cl)Cl. The number of rotatable bonds is 6. The van der Waals surface area contributed by atoms with Crippen LogP contribution in [0.1, 0.15) is 0 Å². The van der Waals surface area contributed by atoms with E-state index in [0.29, 0.717) is 0 Å². The van der Waals surface area contributed by atoms with Gasteiger partial charge in [-0.3, -0.25) is 0 Å². The van der Waals surface area contributed by atoms with E-state index in [1.807, 2.05) is 0 Å². The largest absolute Gasteiger partial charge is 0.258 e. The van der Waals surface area contributed by atoms with E-state index < -0.39 is 38.6 Å². The summed E-state index contributed by atoms with van der Waals surface area (Å²) in [7, 11) is 0. The van der Waals surface area contributed by atoms with E-state index in [1.165, 1.54) is 0 Å². The van der Waals surface area contributed by atoms with Crippen LogP contribution in [-0.2, 0) is 5.11 Å². The molecule has 0 aliphatic carbocycles. The Morgan fingerprint density at radius 1 is 0.276 bits per heavy atom. The molecular weight excluding hydrogens is 798 g/mol. The zero-order chi connectivity index (χ0) is 24.5. The van der Waals surface area contributed by atoms with Gasteiger partial charge in [0.25, 0.3) is 5.06 Å². The Labute approximate surface area is 260 Å². The van der Waals surface area contributed by atoms with Gasteiger partial charge in [-0.2, -0.15) is 0 Å². The third-order valence-corrected chi connectivity index (χ3v) is 15.1. The molecule has 0 aromatic carbocycles. The van der Waals surface area contributed by atoms with Crippen molar-refractivity contribution in [2.24, 2.45) is 0 Å². The van der Waals surface area contributed by atoms with Crippen molar-refractivity contribution in [2.75, 3.05) is 0 Å². The third kappa shape index (κ3) is 5.52. The average molecular weight is 798 g/mol. The van der Waals surface area contributed by atoms with E-state index >= 15 is 0 Å². The topological polar surface area (TPSA) is 19.9 Å². The van der Waals surface area contributed by atoms with Crippen molar-refractivity contribution in [3.63, 3.8) is 0 Å². The summed E-state index contributed by atoms with van der Waals surface area (Å²) in [5.74, 6) is 0. The van der Waals surface area contributed by atoms with Crippen LogP contribution in [0.25, 0.3) is 0 Å². The lowest BCUT2D eigenvalue weighted by molar-refractivity contribution is 0.0294. The average Bonchev–Trinajstić information content (AvgIpc) is 2.43. The maximum absolute atomic E-state index is 12.7. The van der Waals surface area contributed by atoms with Crippen LogP contribution in [0, 0.1) is 0 Å². The molecule has 0 aliphatic rings. The molecule has 0 heterocycles. The minimum Gasteiger partial charge on any atom is -0.204 e. The van der Waals surface area contributed by atoms with Gasteiger partial charge in [-0.25, -0.2) is 5.11 Å². The summed E-state index contributed by atoms with van der Waals surface area (Å²) in [6, 6.07) is 0. The van der Waals surface area contributed by atoms with E-state index in [-0.39, 0.29) is 0 Å². The van der Waals surface area contributed by atoms with Crippen molar-refractivity contribution in [2.45, 2.75) is 38.6 Å². The summed E-state index contributed by atoms with van der Waals surface area (Å²) < 4.78 is -24.5. The summed E-state index contributed by atoms with van der Waals surface area (Å²) in [6.07, 6.45) is 0. The predicted octanol–water partition coefficient (Wildman–Crippen LogP) is 11.1. The summed E-state index contributed by atoms with van der Waals surface area (Å²) in [5.41, 5.74) is 0. The van der Waals surface area contributed by atoms with Gasteiger partial charge >= 0.3 is 0 Å². The van der Waals surface area contributed by atoms with Gasteiger partial charge in [-0.05, 0) is 0 Å². The van der Waals surface area contributed by atoms with E-state index in [2.05, 4.69) is 0 Å². The fourth-order valence-corrected chi connectivity index (χ4v) is 6.89. The van der Waals surface area contributed by atoms with Crippen molar-refractivity contribution in [3.8, 4) is 0 Å². The molecule has 0 aromatic rings. The van der Waals surface area contributed by atoms with Crippen LogP contribution in [0.4, 0.5) is 0 Å². The normalized spacial score (nSPS) is 18.6. The van der Waals surface area contributed by atoms with Gasteiger partial charge < -0.3 is 0 Å². The quantitative estimate of drug-likeness (QED) is 0.239. The highest BCUT2D eigenvalue weighted by molar-refractivity contribution is 6.83. The highest BCUT2D eigenvalue weighted by Gasteiger charge is 2.83. The van der Waals surface area contributed by atoms with Crippen LogP contribution in [0.15, 0.2) is 0 Å². The summed E-state index contributed by atoms with van der Waals surface area (Å²) in [5, 5.41) is 9.17. The lowest BCUT2D eigenvalue weighted by Gasteiger charge is -2.54. The second kappa shape index (κ2) is 9.98. The Bertz CT molecular complexity index is 554. The molecular formula is C9Cl19O. The molecule has 175 valence electrons. The third-order valence-electron chi connectivity index (χ3n) is 3.10. The highest BCUT2D eigenvalue weighted by Crippen LogP contribution is 2.73. The molecule has 0 saturated heterocycles. The Morgan fingerprint density at radius 3 is 0.690 bits per heavy atom. The Balaban J connectivity index is 6.82. The molecule has 20 heteroatoms. The lowest BCUT2D eigenvalue weighted by Crippen LogP contribution is -2.71. The standard InChI is InChI=1S/C9Cl19O/c10-1(11,2(12,13)4(16,17)6(20,21)8(23,24)25)3(14,15)5(18,19)7(22,29)9(26,27)28. The van der Waals surface area contributed by atoms with Gasteiger partial charge in [-0.1, -0.05) is 220 Å². The maximum atomic E-state index is 12.7. The van der Waals surface area contributed by atoms with Crippen molar-refractivity contribution in [1.29, 1.82) is 0 Å². The first kappa shape index (κ1) is 34.5. The van der Waals surface area contributed by atoms with Gasteiger partial charge in [0.05, 0.1) is 0 Å².